The zero-order valence-corrected chi connectivity index (χ0v) is 9.37. The molecule has 2 atom stereocenters. The number of nitrogens with zero attached hydrogens (tertiary/aromatic N) is 2. The summed E-state index contributed by atoms with van der Waals surface area (Å²) in [7, 11) is 0. The minimum atomic E-state index is -1.08. The van der Waals surface area contributed by atoms with E-state index in [9.17, 15) is 15.2 Å². The summed E-state index contributed by atoms with van der Waals surface area (Å²) in [5.41, 5.74) is -1.08. The van der Waals surface area contributed by atoms with Crippen molar-refractivity contribution in [2.45, 2.75) is 5.54 Å². The minimum absolute atomic E-state index is 0.535. The number of nitriles is 1. The number of carbonyl (C=O) groups is 1. The van der Waals surface area contributed by atoms with Gasteiger partial charge in [-0.1, -0.05) is 18.2 Å². The number of allylic oxidation sites excluding steroid dienone is 2. The van der Waals surface area contributed by atoms with Crippen molar-refractivity contribution in [3.05, 3.63) is 24.3 Å². The molecule has 0 amide bonds. The zero-order chi connectivity index (χ0) is 12.3. The highest BCUT2D eigenvalue weighted by atomic mass is 16.5. The third kappa shape index (κ3) is 1.97. The molecule has 1 aliphatic heterocycles. The van der Waals surface area contributed by atoms with Crippen molar-refractivity contribution in [3.63, 3.8) is 0 Å². The van der Waals surface area contributed by atoms with Gasteiger partial charge in [0, 0.05) is 13.1 Å². The lowest BCUT2D eigenvalue weighted by Crippen LogP contribution is -2.57. The van der Waals surface area contributed by atoms with Crippen molar-refractivity contribution in [2.24, 2.45) is 5.92 Å². The molecule has 2 aliphatic rings. The van der Waals surface area contributed by atoms with Gasteiger partial charge in [0.15, 0.2) is 0 Å². The Hall–Kier alpha value is -1.64. The van der Waals surface area contributed by atoms with Gasteiger partial charge in [-0.3, -0.25) is 9.69 Å². The van der Waals surface area contributed by atoms with Crippen LogP contribution in [0.5, 0.6) is 0 Å². The number of morpholine rings is 1. The van der Waals surface area contributed by atoms with Gasteiger partial charge in [0.05, 0.1) is 19.3 Å². The number of carboxylic acids is 1. The fourth-order valence-corrected chi connectivity index (χ4v) is 2.31. The molecule has 1 heterocycles. The van der Waals surface area contributed by atoms with E-state index >= 15 is 0 Å². The Morgan fingerprint density at radius 1 is 1.47 bits per heavy atom. The Bertz CT molecular complexity index is 404. The fourth-order valence-electron chi connectivity index (χ4n) is 2.31. The van der Waals surface area contributed by atoms with E-state index in [0.29, 0.717) is 26.3 Å². The molecule has 2 rings (SSSR count). The predicted molar refractivity (Wildman–Crippen MR) is 60.1 cm³/mol. The second-order valence-corrected chi connectivity index (χ2v) is 4.10. The molecule has 5 heteroatoms. The molecule has 90 valence electrons. The summed E-state index contributed by atoms with van der Waals surface area (Å²) >= 11 is 0. The predicted octanol–water partition coefficient (Wildman–Crippen LogP) is 0.408. The first-order valence-electron chi connectivity index (χ1n) is 5.53. The van der Waals surface area contributed by atoms with E-state index in [0.717, 1.165) is 0 Å². The van der Waals surface area contributed by atoms with Crippen LogP contribution in [-0.2, 0) is 9.53 Å². The van der Waals surface area contributed by atoms with Crippen LogP contribution in [0, 0.1) is 17.2 Å². The van der Waals surface area contributed by atoms with Crippen LogP contribution < -0.4 is 0 Å². The highest BCUT2D eigenvalue weighted by molar-refractivity contribution is 5.76. The lowest BCUT2D eigenvalue weighted by atomic mass is 9.80. The second kappa shape index (κ2) is 4.70. The molecule has 1 saturated heterocycles. The monoisotopic (exact) mass is 234 g/mol. The molecule has 0 spiro atoms. The molecular weight excluding hydrogens is 220 g/mol. The molecule has 0 saturated carbocycles. The molecule has 1 fully saturated rings. The van der Waals surface area contributed by atoms with E-state index in [1.165, 1.54) is 0 Å². The summed E-state index contributed by atoms with van der Waals surface area (Å²) in [6.07, 6.45) is 6.66. The highest BCUT2D eigenvalue weighted by Crippen LogP contribution is 2.31. The Morgan fingerprint density at radius 2 is 2.18 bits per heavy atom. The van der Waals surface area contributed by atoms with Gasteiger partial charge >= 0.3 is 5.97 Å². The van der Waals surface area contributed by atoms with Crippen LogP contribution in [0.4, 0.5) is 0 Å². The van der Waals surface area contributed by atoms with Crippen LogP contribution >= 0.6 is 0 Å². The molecule has 1 aliphatic carbocycles. The molecule has 17 heavy (non-hydrogen) atoms. The molecule has 0 aromatic rings. The van der Waals surface area contributed by atoms with Crippen molar-refractivity contribution in [3.8, 4) is 6.07 Å². The summed E-state index contributed by atoms with van der Waals surface area (Å²) in [4.78, 5) is 13.2. The zero-order valence-electron chi connectivity index (χ0n) is 9.37. The normalized spacial score (nSPS) is 33.2. The van der Waals surface area contributed by atoms with E-state index in [1.807, 2.05) is 4.90 Å². The Labute approximate surface area is 99.6 Å². The lowest BCUT2D eigenvalue weighted by Gasteiger charge is -2.42. The van der Waals surface area contributed by atoms with Crippen LogP contribution in [0.2, 0.25) is 0 Å². The number of hydrogen-bond acceptors (Lipinski definition) is 4. The summed E-state index contributed by atoms with van der Waals surface area (Å²) in [6.45, 7) is 2.23. The topological polar surface area (TPSA) is 73.6 Å². The first-order valence-corrected chi connectivity index (χ1v) is 5.53. The first-order chi connectivity index (χ1) is 8.20. The molecule has 5 nitrogen and oxygen atoms in total. The molecule has 0 aromatic carbocycles. The van der Waals surface area contributed by atoms with E-state index in [-0.39, 0.29) is 0 Å². The standard InChI is InChI=1S/C12H14N2O3/c13-9-12(14-5-7-17-8-6-14)4-2-1-3-10(12)11(15)16/h1-4,10H,5-8H2,(H,15,16). The van der Waals surface area contributed by atoms with E-state index in [4.69, 9.17) is 4.74 Å². The fraction of sp³-hybridized carbons (Fsp3) is 0.500. The maximum absolute atomic E-state index is 11.3. The average molecular weight is 234 g/mol. The number of aliphatic carboxylic acids is 1. The van der Waals surface area contributed by atoms with E-state index in [1.54, 1.807) is 24.3 Å². The van der Waals surface area contributed by atoms with Gasteiger partial charge < -0.3 is 9.84 Å². The van der Waals surface area contributed by atoms with Gasteiger partial charge in [-0.25, -0.2) is 0 Å². The van der Waals surface area contributed by atoms with Crippen LogP contribution in [0.15, 0.2) is 24.3 Å². The third-order valence-electron chi connectivity index (χ3n) is 3.22. The SMILES string of the molecule is N#CC1(N2CCOCC2)C=CC=CC1C(=O)O. The Balaban J connectivity index is 2.34. The van der Waals surface area contributed by atoms with Crippen LogP contribution in [0.1, 0.15) is 0 Å². The number of hydrogen-bond donors (Lipinski definition) is 1. The summed E-state index contributed by atoms with van der Waals surface area (Å²) in [5, 5.41) is 18.7. The maximum Gasteiger partial charge on any atom is 0.313 e. The van der Waals surface area contributed by atoms with Crippen LogP contribution in [0.3, 0.4) is 0 Å². The quantitative estimate of drug-likeness (QED) is 0.749. The molecule has 0 bridgehead atoms. The first kappa shape index (κ1) is 11.8. The van der Waals surface area contributed by atoms with Crippen molar-refractivity contribution < 1.29 is 14.6 Å². The van der Waals surface area contributed by atoms with Crippen molar-refractivity contribution in [1.82, 2.24) is 4.90 Å². The highest BCUT2D eigenvalue weighted by Gasteiger charge is 2.46. The smallest absolute Gasteiger partial charge is 0.313 e. The Kier molecular flexibility index (Phi) is 3.27. The van der Waals surface area contributed by atoms with Gasteiger partial charge in [0.25, 0.3) is 0 Å². The molecular formula is C12H14N2O3. The van der Waals surface area contributed by atoms with E-state index < -0.39 is 17.4 Å². The van der Waals surface area contributed by atoms with Gasteiger partial charge in [-0.2, -0.15) is 5.26 Å². The number of carboxylic acid groups (broad SMARTS) is 1. The van der Waals surface area contributed by atoms with Gasteiger partial charge in [-0.15, -0.1) is 0 Å². The molecule has 0 radical (unpaired) electrons. The van der Waals surface area contributed by atoms with Gasteiger partial charge in [0.1, 0.15) is 11.5 Å². The van der Waals surface area contributed by atoms with E-state index in [2.05, 4.69) is 6.07 Å². The maximum atomic E-state index is 11.3. The number of rotatable bonds is 2. The van der Waals surface area contributed by atoms with Crippen molar-refractivity contribution in [2.75, 3.05) is 26.3 Å². The lowest BCUT2D eigenvalue weighted by molar-refractivity contribution is -0.143. The summed E-state index contributed by atoms with van der Waals surface area (Å²) < 4.78 is 5.24. The molecule has 0 aromatic heterocycles. The summed E-state index contributed by atoms with van der Waals surface area (Å²) in [5.74, 6) is -1.80. The van der Waals surface area contributed by atoms with Crippen molar-refractivity contribution >= 4 is 5.97 Å². The second-order valence-electron chi connectivity index (χ2n) is 4.10. The van der Waals surface area contributed by atoms with Gasteiger partial charge in [0.2, 0.25) is 0 Å². The Morgan fingerprint density at radius 3 is 2.76 bits per heavy atom. The average Bonchev–Trinajstić information content (AvgIpc) is 2.39. The summed E-state index contributed by atoms with van der Waals surface area (Å²) in [6, 6.07) is 2.17. The van der Waals surface area contributed by atoms with Gasteiger partial charge in [-0.05, 0) is 6.08 Å². The minimum Gasteiger partial charge on any atom is -0.481 e. The largest absolute Gasteiger partial charge is 0.481 e. The number of ether oxygens (including phenoxy) is 1. The molecule has 1 N–H and O–H groups in total. The molecule has 2 unspecified atom stereocenters. The van der Waals surface area contributed by atoms with Crippen LogP contribution in [-0.4, -0.2) is 47.8 Å². The van der Waals surface area contributed by atoms with Crippen molar-refractivity contribution in [1.29, 1.82) is 5.26 Å². The third-order valence-corrected chi connectivity index (χ3v) is 3.22. The van der Waals surface area contributed by atoms with Crippen LogP contribution in [0.25, 0.3) is 0 Å².